The van der Waals surface area contributed by atoms with Crippen LogP contribution >= 0.6 is 0 Å². The van der Waals surface area contributed by atoms with Crippen LogP contribution < -0.4 is 4.74 Å². The van der Waals surface area contributed by atoms with Crippen molar-refractivity contribution in [2.45, 2.75) is 18.2 Å². The van der Waals surface area contributed by atoms with Crippen LogP contribution in [0, 0.1) is 6.92 Å². The van der Waals surface area contributed by atoms with Crippen molar-refractivity contribution in [1.82, 2.24) is 4.31 Å². The third-order valence-electron chi connectivity index (χ3n) is 3.26. The molecule has 6 heteroatoms. The minimum Gasteiger partial charge on any atom is -0.495 e. The van der Waals surface area contributed by atoms with Crippen molar-refractivity contribution in [3.8, 4) is 5.75 Å². The monoisotopic (exact) mass is 309 g/mol. The molecule has 0 aliphatic carbocycles. The molecule has 0 unspecified atom stereocenters. The summed E-state index contributed by atoms with van der Waals surface area (Å²) in [5, 5.41) is 0. The molecule has 0 spiro atoms. The maximum atomic E-state index is 12.6. The molecule has 0 saturated heterocycles. The van der Waals surface area contributed by atoms with Crippen molar-refractivity contribution >= 4 is 10.0 Å². The second-order valence-electron chi connectivity index (χ2n) is 4.81. The molecule has 0 aliphatic rings. The van der Waals surface area contributed by atoms with E-state index in [1.54, 1.807) is 31.5 Å². The molecule has 0 bridgehead atoms. The third-order valence-corrected chi connectivity index (χ3v) is 5.14. The minimum atomic E-state index is -3.59. The summed E-state index contributed by atoms with van der Waals surface area (Å²) in [6, 6.07) is 8.72. The number of hydrogen-bond acceptors (Lipinski definition) is 4. The molecule has 114 valence electrons. The molecule has 0 atom stereocenters. The molecule has 5 nitrogen and oxygen atoms in total. The van der Waals surface area contributed by atoms with Gasteiger partial charge in [0.2, 0.25) is 10.0 Å². The van der Waals surface area contributed by atoms with Crippen molar-refractivity contribution in [1.29, 1.82) is 0 Å². The second kappa shape index (κ2) is 6.32. The predicted octanol–water partition coefficient (Wildman–Crippen LogP) is 2.46. The van der Waals surface area contributed by atoms with Crippen LogP contribution in [-0.2, 0) is 16.4 Å². The number of benzene rings is 1. The van der Waals surface area contributed by atoms with E-state index in [0.717, 1.165) is 11.3 Å². The Morgan fingerprint density at radius 3 is 2.67 bits per heavy atom. The topological polar surface area (TPSA) is 59.8 Å². The van der Waals surface area contributed by atoms with E-state index < -0.39 is 10.0 Å². The van der Waals surface area contributed by atoms with E-state index in [1.165, 1.54) is 11.4 Å². The highest BCUT2D eigenvalue weighted by atomic mass is 32.2. The number of nitrogens with zero attached hydrogens (tertiary/aromatic N) is 1. The van der Waals surface area contributed by atoms with Gasteiger partial charge in [-0.2, -0.15) is 0 Å². The van der Waals surface area contributed by atoms with Crippen LogP contribution in [0.1, 0.15) is 11.3 Å². The lowest BCUT2D eigenvalue weighted by molar-refractivity contribution is 0.396. The number of rotatable bonds is 6. The molecule has 2 aromatic rings. The number of hydrogen-bond donors (Lipinski definition) is 0. The van der Waals surface area contributed by atoms with Crippen LogP contribution in [0.5, 0.6) is 5.75 Å². The van der Waals surface area contributed by atoms with Gasteiger partial charge in [0, 0.05) is 20.0 Å². The lowest BCUT2D eigenvalue weighted by Crippen LogP contribution is -2.29. The highest BCUT2D eigenvalue weighted by Crippen LogP contribution is 2.27. The van der Waals surface area contributed by atoms with Crippen LogP contribution in [-0.4, -0.2) is 33.4 Å². The maximum Gasteiger partial charge on any atom is 0.246 e. The lowest BCUT2D eigenvalue weighted by Gasteiger charge is -2.18. The van der Waals surface area contributed by atoms with Gasteiger partial charge in [-0.05, 0) is 36.8 Å². The molecule has 1 aromatic carbocycles. The average Bonchev–Trinajstić information content (AvgIpc) is 2.97. The van der Waals surface area contributed by atoms with Gasteiger partial charge in [0.15, 0.2) is 0 Å². The van der Waals surface area contributed by atoms with E-state index in [2.05, 4.69) is 0 Å². The molecular weight excluding hydrogens is 290 g/mol. The number of aryl methyl sites for hydroxylation is 1. The Balaban J connectivity index is 2.22. The van der Waals surface area contributed by atoms with E-state index in [1.807, 2.05) is 19.1 Å². The highest BCUT2D eigenvalue weighted by molar-refractivity contribution is 7.89. The fraction of sp³-hybridized carbons (Fsp3) is 0.333. The van der Waals surface area contributed by atoms with Gasteiger partial charge in [0.1, 0.15) is 16.4 Å². The van der Waals surface area contributed by atoms with Crippen molar-refractivity contribution < 1.29 is 17.6 Å². The molecule has 0 fully saturated rings. The molecule has 1 heterocycles. The largest absolute Gasteiger partial charge is 0.495 e. The SMILES string of the molecule is COc1ccc(C)cc1S(=O)(=O)N(C)CCc1ccco1. The van der Waals surface area contributed by atoms with Crippen LogP contribution in [0.15, 0.2) is 45.9 Å². The fourth-order valence-electron chi connectivity index (χ4n) is 2.00. The molecule has 0 radical (unpaired) electrons. The summed E-state index contributed by atoms with van der Waals surface area (Å²) in [5.74, 6) is 1.11. The third kappa shape index (κ3) is 3.46. The zero-order valence-corrected chi connectivity index (χ0v) is 13.2. The molecule has 0 N–H and O–H groups in total. The summed E-state index contributed by atoms with van der Waals surface area (Å²) >= 11 is 0. The Morgan fingerprint density at radius 1 is 1.29 bits per heavy atom. The van der Waals surface area contributed by atoms with Crippen molar-refractivity contribution in [2.24, 2.45) is 0 Å². The Bertz CT molecular complexity index is 692. The molecule has 1 aromatic heterocycles. The lowest BCUT2D eigenvalue weighted by atomic mass is 10.2. The van der Waals surface area contributed by atoms with Gasteiger partial charge in [-0.3, -0.25) is 0 Å². The van der Waals surface area contributed by atoms with Gasteiger partial charge in [-0.1, -0.05) is 6.07 Å². The Labute approximate surface area is 125 Å². The van der Waals surface area contributed by atoms with Crippen LogP contribution in [0.2, 0.25) is 0 Å². The highest BCUT2D eigenvalue weighted by Gasteiger charge is 2.24. The second-order valence-corrected chi connectivity index (χ2v) is 6.82. The first-order valence-corrected chi connectivity index (χ1v) is 8.02. The Kier molecular flexibility index (Phi) is 4.69. The maximum absolute atomic E-state index is 12.6. The zero-order valence-electron chi connectivity index (χ0n) is 12.4. The zero-order chi connectivity index (χ0) is 15.5. The smallest absolute Gasteiger partial charge is 0.246 e. The summed E-state index contributed by atoms with van der Waals surface area (Å²) in [6.07, 6.45) is 2.10. The van der Waals surface area contributed by atoms with Crippen LogP contribution in [0.25, 0.3) is 0 Å². The van der Waals surface area contributed by atoms with Gasteiger partial charge in [0.05, 0.1) is 13.4 Å². The molecule has 0 amide bonds. The van der Waals surface area contributed by atoms with E-state index in [9.17, 15) is 8.42 Å². The first kappa shape index (κ1) is 15.6. The minimum absolute atomic E-state index is 0.187. The standard InChI is InChI=1S/C15H19NO4S/c1-12-6-7-14(19-3)15(11-12)21(17,18)16(2)9-8-13-5-4-10-20-13/h4-7,10-11H,8-9H2,1-3H3. The molecule has 0 saturated carbocycles. The van der Waals surface area contributed by atoms with Gasteiger partial charge in [-0.15, -0.1) is 0 Å². The summed E-state index contributed by atoms with van der Waals surface area (Å²) < 4.78 is 37.0. The summed E-state index contributed by atoms with van der Waals surface area (Å²) in [5.41, 5.74) is 0.869. The predicted molar refractivity (Wildman–Crippen MR) is 80.0 cm³/mol. The van der Waals surface area contributed by atoms with Gasteiger partial charge >= 0.3 is 0 Å². The van der Waals surface area contributed by atoms with E-state index in [-0.39, 0.29) is 4.90 Å². The van der Waals surface area contributed by atoms with E-state index >= 15 is 0 Å². The number of methoxy groups -OCH3 is 1. The number of sulfonamides is 1. The van der Waals surface area contributed by atoms with Crippen LogP contribution in [0.3, 0.4) is 0 Å². The average molecular weight is 309 g/mol. The molecular formula is C15H19NO4S. The first-order chi connectivity index (χ1) is 9.95. The fourth-order valence-corrected chi connectivity index (χ4v) is 3.40. The van der Waals surface area contributed by atoms with Gasteiger partial charge < -0.3 is 9.15 Å². The van der Waals surface area contributed by atoms with Crippen LogP contribution in [0.4, 0.5) is 0 Å². The van der Waals surface area contributed by atoms with Crippen molar-refractivity contribution in [2.75, 3.05) is 20.7 Å². The molecule has 21 heavy (non-hydrogen) atoms. The Morgan fingerprint density at radius 2 is 2.05 bits per heavy atom. The molecule has 0 aliphatic heterocycles. The summed E-state index contributed by atoms with van der Waals surface area (Å²) in [4.78, 5) is 0.187. The van der Waals surface area contributed by atoms with Crippen molar-refractivity contribution in [3.05, 3.63) is 47.9 Å². The normalized spacial score (nSPS) is 11.8. The Hall–Kier alpha value is -1.79. The number of furan rings is 1. The number of likely N-dealkylation sites (N-methyl/N-ethyl adjacent to an activating group) is 1. The van der Waals surface area contributed by atoms with E-state index in [0.29, 0.717) is 18.7 Å². The van der Waals surface area contributed by atoms with Crippen molar-refractivity contribution in [3.63, 3.8) is 0 Å². The van der Waals surface area contributed by atoms with E-state index in [4.69, 9.17) is 9.15 Å². The molecule has 2 rings (SSSR count). The summed E-state index contributed by atoms with van der Waals surface area (Å²) in [6.45, 7) is 2.19. The first-order valence-electron chi connectivity index (χ1n) is 6.58. The van der Waals surface area contributed by atoms with Gasteiger partial charge in [0.25, 0.3) is 0 Å². The quantitative estimate of drug-likeness (QED) is 0.822. The number of ether oxygens (including phenoxy) is 1. The summed E-state index contributed by atoms with van der Waals surface area (Å²) in [7, 11) is -0.570. The van der Waals surface area contributed by atoms with Gasteiger partial charge in [-0.25, -0.2) is 12.7 Å².